The van der Waals surface area contributed by atoms with E-state index in [1.807, 2.05) is 0 Å². The number of hydrogen-bond acceptors (Lipinski definition) is 4. The lowest BCUT2D eigenvalue weighted by Crippen LogP contribution is -2.50. The van der Waals surface area contributed by atoms with Gasteiger partial charge in [0.25, 0.3) is 0 Å². The number of nitrogens with zero attached hydrogens (tertiary/aromatic N) is 1. The molecule has 3 aliphatic rings. The second-order valence-corrected chi connectivity index (χ2v) is 13.0. The smallest absolute Gasteiger partial charge is 0.230 e. The molecule has 1 aromatic heterocycles. The average molecular weight is 498 g/mol. The SMILES string of the molecule is CC1=CC[C@H](C(=O)N(c2csc(C#CC(C)(C)C)c2)[C@H]2CC[C@](O)(COC3CCCC3)CC2)CC1. The molecule has 35 heavy (non-hydrogen) atoms. The second kappa shape index (κ2) is 11.2. The van der Waals surface area contributed by atoms with Gasteiger partial charge in [-0.3, -0.25) is 4.79 Å². The summed E-state index contributed by atoms with van der Waals surface area (Å²) in [6.07, 6.45) is 13.0. The molecule has 1 amide bonds. The van der Waals surface area contributed by atoms with E-state index in [1.165, 1.54) is 18.4 Å². The summed E-state index contributed by atoms with van der Waals surface area (Å²) in [5, 5.41) is 13.3. The lowest BCUT2D eigenvalue weighted by atomic mass is 9.81. The number of carbonyl (C=O) groups is 1. The number of ether oxygens (including phenoxy) is 1. The van der Waals surface area contributed by atoms with Crippen LogP contribution in [-0.2, 0) is 9.53 Å². The molecule has 0 spiro atoms. The van der Waals surface area contributed by atoms with Gasteiger partial charge < -0.3 is 14.7 Å². The quantitative estimate of drug-likeness (QED) is 0.345. The van der Waals surface area contributed by atoms with Gasteiger partial charge in [-0.25, -0.2) is 0 Å². The molecule has 0 radical (unpaired) electrons. The maximum Gasteiger partial charge on any atom is 0.230 e. The van der Waals surface area contributed by atoms with E-state index in [4.69, 9.17) is 4.74 Å². The number of aliphatic hydroxyl groups is 1. The van der Waals surface area contributed by atoms with E-state index in [0.717, 1.165) is 55.5 Å². The molecule has 0 aliphatic heterocycles. The molecule has 0 unspecified atom stereocenters. The molecule has 1 atom stereocenters. The predicted octanol–water partition coefficient (Wildman–Crippen LogP) is 6.86. The first-order chi connectivity index (χ1) is 16.6. The van der Waals surface area contributed by atoms with Crippen molar-refractivity contribution >= 4 is 22.9 Å². The van der Waals surface area contributed by atoms with Crippen LogP contribution in [0.3, 0.4) is 0 Å². The molecule has 1 aromatic rings. The van der Waals surface area contributed by atoms with Crippen molar-refractivity contribution in [2.75, 3.05) is 11.5 Å². The minimum absolute atomic E-state index is 0.0363. The van der Waals surface area contributed by atoms with E-state index in [0.29, 0.717) is 25.6 Å². The maximum absolute atomic E-state index is 13.9. The van der Waals surface area contributed by atoms with Crippen LogP contribution in [0.1, 0.15) is 103 Å². The normalized spacial score (nSPS) is 27.7. The van der Waals surface area contributed by atoms with Crippen LogP contribution in [-0.4, -0.2) is 35.4 Å². The Morgan fingerprint density at radius 1 is 1.20 bits per heavy atom. The van der Waals surface area contributed by atoms with Gasteiger partial charge in [-0.15, -0.1) is 11.3 Å². The zero-order valence-electron chi connectivity index (χ0n) is 22.1. The molecule has 2 saturated carbocycles. The van der Waals surface area contributed by atoms with Gasteiger partial charge in [0.1, 0.15) is 0 Å². The number of amides is 1. The van der Waals surface area contributed by atoms with Crippen LogP contribution in [0, 0.1) is 23.2 Å². The maximum atomic E-state index is 13.9. The van der Waals surface area contributed by atoms with Crippen LogP contribution in [0.25, 0.3) is 0 Å². The Morgan fingerprint density at radius 3 is 2.54 bits per heavy atom. The Morgan fingerprint density at radius 2 is 1.91 bits per heavy atom. The summed E-state index contributed by atoms with van der Waals surface area (Å²) in [5.41, 5.74) is 1.54. The zero-order valence-corrected chi connectivity index (χ0v) is 22.9. The van der Waals surface area contributed by atoms with Gasteiger partial charge in [0.2, 0.25) is 5.91 Å². The molecule has 3 aliphatic carbocycles. The summed E-state index contributed by atoms with van der Waals surface area (Å²) in [7, 11) is 0. The van der Waals surface area contributed by atoms with Gasteiger partial charge in [-0.05, 0) is 91.5 Å². The topological polar surface area (TPSA) is 49.8 Å². The van der Waals surface area contributed by atoms with Crippen molar-refractivity contribution in [3.05, 3.63) is 28.0 Å². The average Bonchev–Trinajstić information content (AvgIpc) is 3.50. The van der Waals surface area contributed by atoms with Crippen molar-refractivity contribution < 1.29 is 14.6 Å². The molecular weight excluding hydrogens is 454 g/mol. The highest BCUT2D eigenvalue weighted by Crippen LogP contribution is 2.38. The van der Waals surface area contributed by atoms with E-state index in [-0.39, 0.29) is 23.3 Å². The van der Waals surface area contributed by atoms with Crippen molar-refractivity contribution in [1.82, 2.24) is 0 Å². The van der Waals surface area contributed by atoms with Gasteiger partial charge in [0.15, 0.2) is 0 Å². The Balaban J connectivity index is 1.48. The first-order valence-electron chi connectivity index (χ1n) is 13.6. The standard InChI is InChI=1S/C30H43NO3S/c1-22-9-11-23(12-10-22)28(32)31(25-19-27(35-20-25)15-16-29(2,3)4)24-13-17-30(33,18-14-24)21-34-26-7-5-6-8-26/h9,19-20,23-24,26,33H,5-8,10-14,17-18,21H2,1-4H3/t23-,24-,30+/m0/s1. The number of thiophene rings is 1. The molecule has 1 heterocycles. The molecule has 0 bridgehead atoms. The monoisotopic (exact) mass is 497 g/mol. The fourth-order valence-electron chi connectivity index (χ4n) is 5.54. The highest BCUT2D eigenvalue weighted by molar-refractivity contribution is 7.11. The van der Waals surface area contributed by atoms with Gasteiger partial charge in [0, 0.05) is 22.8 Å². The molecule has 1 N–H and O–H groups in total. The minimum atomic E-state index is -0.767. The van der Waals surface area contributed by atoms with Gasteiger partial charge in [-0.2, -0.15) is 0 Å². The Bertz CT molecular complexity index is 962. The summed E-state index contributed by atoms with van der Waals surface area (Å²) in [5.74, 6) is 6.90. The molecule has 0 aromatic carbocycles. The van der Waals surface area contributed by atoms with E-state index >= 15 is 0 Å². The molecule has 4 nitrogen and oxygen atoms in total. The summed E-state index contributed by atoms with van der Waals surface area (Å²) < 4.78 is 6.09. The molecule has 5 heteroatoms. The van der Waals surface area contributed by atoms with Crippen molar-refractivity contribution in [1.29, 1.82) is 0 Å². The third kappa shape index (κ3) is 7.21. The van der Waals surface area contributed by atoms with Crippen LogP contribution in [0.4, 0.5) is 5.69 Å². The van der Waals surface area contributed by atoms with E-state index in [1.54, 1.807) is 11.3 Å². The van der Waals surface area contributed by atoms with Gasteiger partial charge in [-0.1, -0.05) is 36.3 Å². The Kier molecular flexibility index (Phi) is 8.46. The fourth-order valence-corrected chi connectivity index (χ4v) is 6.27. The largest absolute Gasteiger partial charge is 0.387 e. The van der Waals surface area contributed by atoms with Crippen molar-refractivity contribution in [3.63, 3.8) is 0 Å². The fraction of sp³-hybridized carbons (Fsp3) is 0.700. The van der Waals surface area contributed by atoms with Crippen LogP contribution >= 0.6 is 11.3 Å². The summed E-state index contributed by atoms with van der Waals surface area (Å²) >= 11 is 1.62. The molecule has 4 rings (SSSR count). The van der Waals surface area contributed by atoms with Crippen LogP contribution < -0.4 is 4.90 Å². The van der Waals surface area contributed by atoms with E-state index < -0.39 is 5.60 Å². The second-order valence-electron chi connectivity index (χ2n) is 12.1. The highest BCUT2D eigenvalue weighted by Gasteiger charge is 2.39. The predicted molar refractivity (Wildman–Crippen MR) is 145 cm³/mol. The van der Waals surface area contributed by atoms with Crippen molar-refractivity contribution in [2.45, 2.75) is 116 Å². The molecule has 192 valence electrons. The highest BCUT2D eigenvalue weighted by atomic mass is 32.1. The first kappa shape index (κ1) is 26.5. The first-order valence-corrected chi connectivity index (χ1v) is 14.4. The van der Waals surface area contributed by atoms with Crippen LogP contribution in [0.5, 0.6) is 0 Å². The number of carbonyl (C=O) groups excluding carboxylic acids is 1. The van der Waals surface area contributed by atoms with Crippen LogP contribution in [0.2, 0.25) is 0 Å². The molecule has 0 saturated heterocycles. The number of allylic oxidation sites excluding steroid dienone is 2. The van der Waals surface area contributed by atoms with Crippen LogP contribution in [0.15, 0.2) is 23.1 Å². The van der Waals surface area contributed by atoms with E-state index in [9.17, 15) is 9.90 Å². The third-order valence-electron chi connectivity index (χ3n) is 7.79. The van der Waals surface area contributed by atoms with E-state index in [2.05, 4.69) is 62.0 Å². The number of hydrogen-bond donors (Lipinski definition) is 1. The lowest BCUT2D eigenvalue weighted by Gasteiger charge is -2.42. The zero-order chi connectivity index (χ0) is 25.1. The number of anilines is 1. The van der Waals surface area contributed by atoms with Gasteiger partial charge in [0.05, 0.1) is 28.9 Å². The summed E-state index contributed by atoms with van der Waals surface area (Å²) in [4.78, 5) is 16.9. The Labute approximate surface area is 216 Å². The van der Waals surface area contributed by atoms with Gasteiger partial charge >= 0.3 is 0 Å². The molecular formula is C30H43NO3S. The summed E-state index contributed by atoms with van der Waals surface area (Å²) in [6.45, 7) is 8.93. The third-order valence-corrected chi connectivity index (χ3v) is 8.62. The molecule has 2 fully saturated rings. The lowest BCUT2D eigenvalue weighted by molar-refractivity contribution is -0.124. The van der Waals surface area contributed by atoms with Crippen molar-refractivity contribution in [2.24, 2.45) is 11.3 Å². The van der Waals surface area contributed by atoms with Crippen molar-refractivity contribution in [3.8, 4) is 11.8 Å². The Hall–Kier alpha value is -1.61. The minimum Gasteiger partial charge on any atom is -0.387 e. The summed E-state index contributed by atoms with van der Waals surface area (Å²) in [6, 6.07) is 2.20. The number of rotatable bonds is 6.